The highest BCUT2D eigenvalue weighted by Gasteiger charge is 2.34. The molecule has 0 aromatic rings. The number of amides is 6. The van der Waals surface area contributed by atoms with Crippen LogP contribution in [0.25, 0.3) is 0 Å². The van der Waals surface area contributed by atoms with Crippen LogP contribution in [0.5, 0.6) is 0 Å². The summed E-state index contributed by atoms with van der Waals surface area (Å²) >= 11 is 0. The van der Waals surface area contributed by atoms with E-state index in [2.05, 4.69) is 5.32 Å². The molecule has 1 fully saturated rings. The summed E-state index contributed by atoms with van der Waals surface area (Å²) in [6.45, 7) is 0. The zero-order valence-corrected chi connectivity index (χ0v) is 6.07. The van der Waals surface area contributed by atoms with Crippen molar-refractivity contribution in [1.29, 1.82) is 0 Å². The van der Waals surface area contributed by atoms with Gasteiger partial charge in [-0.25, -0.2) is 24.2 Å². The van der Waals surface area contributed by atoms with Gasteiger partial charge in [0.2, 0.25) is 0 Å². The van der Waals surface area contributed by atoms with Gasteiger partial charge in [-0.2, -0.15) is 0 Å². The molecule has 0 aromatic heterocycles. The van der Waals surface area contributed by atoms with Gasteiger partial charge in [0.1, 0.15) is 0 Å². The Morgan fingerprint density at radius 2 is 1.36 bits per heavy atom. The average Bonchev–Trinajstić information content (AvgIpc) is 1.97. The molecule has 59 valence electrons. The first-order valence-electron chi connectivity index (χ1n) is 2.85. The number of rotatable bonds is 0. The molecule has 1 radical (unpaired) electrons. The molecule has 6 nitrogen and oxygen atoms in total. The summed E-state index contributed by atoms with van der Waals surface area (Å²) in [6.07, 6.45) is 0. The van der Waals surface area contributed by atoms with Crippen LogP contribution in [0, 0.1) is 0 Å². The molecule has 0 aliphatic carbocycles. The second kappa shape index (κ2) is 2.22. The van der Waals surface area contributed by atoms with Crippen LogP contribution in [-0.2, 0) is 0 Å². The smallest absolute Gasteiger partial charge is 0.247 e. The molecule has 1 heterocycles. The quantitative estimate of drug-likeness (QED) is 0.488. The SMILES string of the molecule is CN1C(=O)[N]C(=O)N(C)C1=O. The van der Waals surface area contributed by atoms with E-state index >= 15 is 0 Å². The first-order chi connectivity index (χ1) is 5.04. The fourth-order valence-electron chi connectivity index (χ4n) is 0.620. The minimum Gasteiger partial charge on any atom is -0.247 e. The van der Waals surface area contributed by atoms with E-state index in [0.717, 1.165) is 9.80 Å². The fourth-order valence-corrected chi connectivity index (χ4v) is 0.620. The first-order valence-corrected chi connectivity index (χ1v) is 2.85. The summed E-state index contributed by atoms with van der Waals surface area (Å²) in [5.74, 6) is 0. The largest absolute Gasteiger partial charge is 0.356 e. The third-order valence-electron chi connectivity index (χ3n) is 1.34. The van der Waals surface area contributed by atoms with E-state index in [0.29, 0.717) is 0 Å². The van der Waals surface area contributed by atoms with Gasteiger partial charge in [0, 0.05) is 14.1 Å². The zero-order valence-electron chi connectivity index (χ0n) is 6.07. The minimum atomic E-state index is -0.821. The molecular formula is C5H6N3O3. The molecule has 0 spiro atoms. The number of imide groups is 3. The van der Waals surface area contributed by atoms with Crippen LogP contribution in [0.4, 0.5) is 14.4 Å². The molecular weight excluding hydrogens is 150 g/mol. The van der Waals surface area contributed by atoms with Gasteiger partial charge in [0.05, 0.1) is 0 Å². The number of urea groups is 3. The molecule has 0 N–H and O–H groups in total. The van der Waals surface area contributed by atoms with Crippen LogP contribution in [0.2, 0.25) is 0 Å². The van der Waals surface area contributed by atoms with Crippen molar-refractivity contribution in [3.05, 3.63) is 0 Å². The van der Waals surface area contributed by atoms with Crippen molar-refractivity contribution in [1.82, 2.24) is 15.1 Å². The Bertz CT molecular complexity index is 215. The maximum atomic E-state index is 10.9. The van der Waals surface area contributed by atoms with Gasteiger partial charge in [0.15, 0.2) is 0 Å². The van der Waals surface area contributed by atoms with E-state index in [-0.39, 0.29) is 0 Å². The molecule has 6 heteroatoms. The van der Waals surface area contributed by atoms with Crippen molar-refractivity contribution in [3.8, 4) is 0 Å². The topological polar surface area (TPSA) is 71.8 Å². The van der Waals surface area contributed by atoms with Crippen molar-refractivity contribution < 1.29 is 14.4 Å². The lowest BCUT2D eigenvalue weighted by atomic mass is 10.6. The van der Waals surface area contributed by atoms with Crippen molar-refractivity contribution in [2.45, 2.75) is 0 Å². The summed E-state index contributed by atoms with van der Waals surface area (Å²) in [6, 6.07) is -2.30. The Labute approximate surface area is 62.7 Å². The van der Waals surface area contributed by atoms with Crippen LogP contribution in [-0.4, -0.2) is 42.0 Å². The molecule has 0 unspecified atom stereocenters. The number of carbonyl (C=O) groups is 3. The lowest BCUT2D eigenvalue weighted by molar-refractivity contribution is 0.154. The maximum absolute atomic E-state index is 10.9. The van der Waals surface area contributed by atoms with Gasteiger partial charge in [-0.05, 0) is 0 Å². The normalized spacial score (nSPS) is 18.9. The predicted molar refractivity (Wildman–Crippen MR) is 33.8 cm³/mol. The van der Waals surface area contributed by atoms with Crippen molar-refractivity contribution in [3.63, 3.8) is 0 Å². The van der Waals surface area contributed by atoms with Gasteiger partial charge in [-0.3, -0.25) is 0 Å². The number of nitrogens with zero attached hydrogens (tertiary/aromatic N) is 3. The molecule has 0 saturated carbocycles. The van der Waals surface area contributed by atoms with Gasteiger partial charge in [-0.15, -0.1) is 5.32 Å². The van der Waals surface area contributed by atoms with Crippen LogP contribution in [0.1, 0.15) is 0 Å². The van der Waals surface area contributed by atoms with Gasteiger partial charge in [0.25, 0.3) is 0 Å². The standard InChI is InChI=1S/C5H6N3O3/c1-7-3(9)6-4(10)8(2)5(7)11/h1-2H3. The number of hydrogen-bond acceptors (Lipinski definition) is 3. The molecule has 11 heavy (non-hydrogen) atoms. The Morgan fingerprint density at radius 3 is 1.73 bits per heavy atom. The summed E-state index contributed by atoms with van der Waals surface area (Å²) < 4.78 is 0. The Balaban J connectivity index is 2.87. The van der Waals surface area contributed by atoms with Gasteiger partial charge < -0.3 is 0 Å². The molecule has 1 aliphatic heterocycles. The molecule has 0 aromatic carbocycles. The van der Waals surface area contributed by atoms with E-state index in [9.17, 15) is 14.4 Å². The highest BCUT2D eigenvalue weighted by atomic mass is 16.2. The highest BCUT2D eigenvalue weighted by Crippen LogP contribution is 2.02. The second-order valence-corrected chi connectivity index (χ2v) is 2.08. The number of carbonyl (C=O) groups excluding carboxylic acids is 3. The van der Waals surface area contributed by atoms with Gasteiger partial charge in [-0.1, -0.05) is 0 Å². The van der Waals surface area contributed by atoms with Crippen molar-refractivity contribution in [2.75, 3.05) is 14.1 Å². The fraction of sp³-hybridized carbons (Fsp3) is 0.400. The predicted octanol–water partition coefficient (Wildman–Crippen LogP) is -0.172. The molecule has 1 aliphatic rings. The molecule has 1 rings (SSSR count). The Morgan fingerprint density at radius 1 is 1.00 bits per heavy atom. The maximum Gasteiger partial charge on any atom is 0.356 e. The summed E-state index contributed by atoms with van der Waals surface area (Å²) in [4.78, 5) is 33.7. The summed E-state index contributed by atoms with van der Waals surface area (Å²) in [5.41, 5.74) is 0. The Hall–Kier alpha value is -1.59. The van der Waals surface area contributed by atoms with E-state index in [4.69, 9.17) is 0 Å². The highest BCUT2D eigenvalue weighted by molar-refractivity contribution is 6.11. The van der Waals surface area contributed by atoms with Crippen molar-refractivity contribution >= 4 is 18.1 Å². The lowest BCUT2D eigenvalue weighted by Crippen LogP contribution is -2.56. The van der Waals surface area contributed by atoms with Crippen LogP contribution in [0.3, 0.4) is 0 Å². The van der Waals surface area contributed by atoms with Crippen LogP contribution in [0.15, 0.2) is 0 Å². The van der Waals surface area contributed by atoms with Crippen LogP contribution < -0.4 is 5.32 Å². The monoisotopic (exact) mass is 156 g/mol. The zero-order chi connectivity index (χ0) is 8.59. The third-order valence-corrected chi connectivity index (χ3v) is 1.34. The lowest BCUT2D eigenvalue weighted by Gasteiger charge is -2.25. The first kappa shape index (κ1) is 7.52. The second-order valence-electron chi connectivity index (χ2n) is 2.08. The van der Waals surface area contributed by atoms with Gasteiger partial charge >= 0.3 is 18.1 Å². The third kappa shape index (κ3) is 1.02. The number of hydrogen-bond donors (Lipinski definition) is 0. The Kier molecular flexibility index (Phi) is 1.52. The average molecular weight is 156 g/mol. The molecule has 6 amide bonds. The summed E-state index contributed by atoms with van der Waals surface area (Å²) in [7, 11) is 2.52. The molecule has 1 saturated heterocycles. The molecule has 0 bridgehead atoms. The molecule has 0 atom stereocenters. The van der Waals surface area contributed by atoms with Crippen molar-refractivity contribution in [2.24, 2.45) is 0 Å². The van der Waals surface area contributed by atoms with Crippen LogP contribution >= 0.6 is 0 Å². The van der Waals surface area contributed by atoms with E-state index in [1.807, 2.05) is 0 Å². The minimum absolute atomic E-state index is 0.657. The summed E-state index contributed by atoms with van der Waals surface area (Å²) in [5, 5.41) is 3.05. The van der Waals surface area contributed by atoms with E-state index in [1.165, 1.54) is 14.1 Å². The van der Waals surface area contributed by atoms with E-state index < -0.39 is 18.1 Å². The van der Waals surface area contributed by atoms with E-state index in [1.54, 1.807) is 0 Å².